The maximum Gasteiger partial charge on any atom is 0.332 e. The molecule has 32 heavy (non-hydrogen) atoms. The molecule has 0 saturated carbocycles. The lowest BCUT2D eigenvalue weighted by Gasteiger charge is -2.22. The molecule has 0 spiro atoms. The van der Waals surface area contributed by atoms with E-state index >= 15 is 0 Å². The molecule has 0 aliphatic carbocycles. The number of halogens is 1. The van der Waals surface area contributed by atoms with Gasteiger partial charge in [-0.2, -0.15) is 0 Å². The first-order valence-corrected chi connectivity index (χ1v) is 10.7. The second-order valence-electron chi connectivity index (χ2n) is 7.38. The van der Waals surface area contributed by atoms with Crippen molar-refractivity contribution in [3.8, 4) is 0 Å². The van der Waals surface area contributed by atoms with Crippen LogP contribution in [0.3, 0.4) is 0 Å². The van der Waals surface area contributed by atoms with Gasteiger partial charge in [-0.15, -0.1) is 0 Å². The van der Waals surface area contributed by atoms with Gasteiger partial charge in [0.25, 0.3) is 5.56 Å². The summed E-state index contributed by atoms with van der Waals surface area (Å²) in [6.45, 7) is 2.25. The predicted molar refractivity (Wildman–Crippen MR) is 127 cm³/mol. The van der Waals surface area contributed by atoms with Crippen molar-refractivity contribution in [3.63, 3.8) is 0 Å². The number of benzene rings is 3. The summed E-state index contributed by atoms with van der Waals surface area (Å²) in [4.78, 5) is 41.3. The van der Waals surface area contributed by atoms with Crippen LogP contribution in [0.1, 0.15) is 12.5 Å². The van der Waals surface area contributed by atoms with E-state index in [9.17, 15) is 14.4 Å². The van der Waals surface area contributed by atoms with Crippen molar-refractivity contribution in [1.29, 1.82) is 0 Å². The van der Waals surface area contributed by atoms with Crippen LogP contribution < -0.4 is 16.1 Å². The zero-order chi connectivity index (χ0) is 22.7. The van der Waals surface area contributed by atoms with Gasteiger partial charge in [0.05, 0.1) is 17.4 Å². The normalized spacial score (nSPS) is 10.9. The Morgan fingerprint density at radius 3 is 2.22 bits per heavy atom. The zero-order valence-electron chi connectivity index (χ0n) is 17.6. The molecule has 4 rings (SSSR count). The first-order valence-electron chi connectivity index (χ1n) is 10.3. The fraction of sp³-hybridized carbons (Fsp3) is 0.160. The number of hydrogen-bond donors (Lipinski definition) is 0. The van der Waals surface area contributed by atoms with Crippen LogP contribution in [-0.2, 0) is 17.9 Å². The highest BCUT2D eigenvalue weighted by Crippen LogP contribution is 2.15. The Morgan fingerprint density at radius 1 is 0.875 bits per heavy atom. The average molecular weight is 448 g/mol. The molecular formula is C25H22ClN3O3. The number of carbonyl (C=O) groups is 1. The van der Waals surface area contributed by atoms with Gasteiger partial charge in [-0.05, 0) is 48.9 Å². The number of carbonyl (C=O) groups excluding carboxylic acids is 1. The number of aromatic nitrogens is 2. The average Bonchev–Trinajstić information content (AvgIpc) is 2.82. The molecule has 0 radical (unpaired) electrons. The lowest BCUT2D eigenvalue weighted by atomic mass is 10.2. The summed E-state index contributed by atoms with van der Waals surface area (Å²) in [5.41, 5.74) is 1.04. The fourth-order valence-electron chi connectivity index (χ4n) is 3.77. The molecule has 4 aromatic rings. The van der Waals surface area contributed by atoms with Gasteiger partial charge in [-0.3, -0.25) is 18.7 Å². The summed E-state index contributed by atoms with van der Waals surface area (Å²) in [7, 11) is 0. The lowest BCUT2D eigenvalue weighted by Crippen LogP contribution is -2.43. The van der Waals surface area contributed by atoms with Crippen LogP contribution in [0.25, 0.3) is 10.9 Å². The van der Waals surface area contributed by atoms with Gasteiger partial charge >= 0.3 is 5.69 Å². The molecule has 1 amide bonds. The van der Waals surface area contributed by atoms with Gasteiger partial charge in [0.15, 0.2) is 0 Å². The second-order valence-corrected chi connectivity index (χ2v) is 7.81. The molecule has 6 nitrogen and oxygen atoms in total. The van der Waals surface area contributed by atoms with Crippen molar-refractivity contribution >= 4 is 34.1 Å². The Hall–Kier alpha value is -3.64. The number of likely N-dealkylation sites (N-methyl/N-ethyl adjacent to an activating group) is 1. The van der Waals surface area contributed by atoms with Crippen molar-refractivity contribution in [2.45, 2.75) is 20.0 Å². The third-order valence-corrected chi connectivity index (χ3v) is 5.62. The molecule has 0 aliphatic rings. The van der Waals surface area contributed by atoms with Crippen molar-refractivity contribution in [3.05, 3.63) is 110 Å². The van der Waals surface area contributed by atoms with E-state index in [4.69, 9.17) is 11.6 Å². The minimum absolute atomic E-state index is 0.0873. The summed E-state index contributed by atoms with van der Waals surface area (Å²) in [6, 6.07) is 23.1. The molecule has 7 heteroatoms. The number of para-hydroxylation sites is 2. The van der Waals surface area contributed by atoms with Crippen molar-refractivity contribution in [1.82, 2.24) is 9.13 Å². The van der Waals surface area contributed by atoms with Crippen LogP contribution in [0, 0.1) is 0 Å². The summed E-state index contributed by atoms with van der Waals surface area (Å²) in [5, 5.41) is 0.958. The van der Waals surface area contributed by atoms with Crippen LogP contribution in [0.5, 0.6) is 0 Å². The van der Waals surface area contributed by atoms with E-state index in [-0.39, 0.29) is 24.6 Å². The van der Waals surface area contributed by atoms with E-state index in [0.717, 1.165) is 15.8 Å². The summed E-state index contributed by atoms with van der Waals surface area (Å²) < 4.78 is 2.54. The van der Waals surface area contributed by atoms with Gasteiger partial charge in [0.1, 0.15) is 6.54 Å². The molecule has 0 bridgehead atoms. The Balaban J connectivity index is 1.80. The van der Waals surface area contributed by atoms with Crippen LogP contribution in [-0.4, -0.2) is 21.6 Å². The van der Waals surface area contributed by atoms with E-state index in [1.165, 1.54) is 4.57 Å². The number of rotatable bonds is 6. The Kier molecular flexibility index (Phi) is 6.23. The van der Waals surface area contributed by atoms with Gasteiger partial charge in [-0.25, -0.2) is 4.79 Å². The van der Waals surface area contributed by atoms with Gasteiger partial charge in [0, 0.05) is 17.3 Å². The van der Waals surface area contributed by atoms with Crippen LogP contribution in [0.15, 0.2) is 88.5 Å². The SMILES string of the molecule is CCN(C(=O)Cn1c(=O)n(Cc2ccc(Cl)cc2)c(=O)c2ccccc21)c1ccccc1. The molecule has 0 atom stereocenters. The van der Waals surface area contributed by atoms with Crippen LogP contribution in [0.4, 0.5) is 5.69 Å². The fourth-order valence-corrected chi connectivity index (χ4v) is 3.89. The number of fused-ring (bicyclic) bond motifs is 1. The Labute approximate surface area is 189 Å². The highest BCUT2D eigenvalue weighted by atomic mass is 35.5. The maximum atomic E-state index is 13.4. The number of nitrogens with zero attached hydrogens (tertiary/aromatic N) is 3. The van der Waals surface area contributed by atoms with E-state index in [2.05, 4.69) is 0 Å². The van der Waals surface area contributed by atoms with E-state index in [1.54, 1.807) is 53.4 Å². The quantitative estimate of drug-likeness (QED) is 0.450. The van der Waals surface area contributed by atoms with Gasteiger partial charge in [0.2, 0.25) is 5.91 Å². The Bertz CT molecular complexity index is 1380. The summed E-state index contributed by atoms with van der Waals surface area (Å²) >= 11 is 5.96. The summed E-state index contributed by atoms with van der Waals surface area (Å²) in [5.74, 6) is -0.234. The smallest absolute Gasteiger partial charge is 0.311 e. The molecule has 0 saturated heterocycles. The zero-order valence-corrected chi connectivity index (χ0v) is 18.3. The van der Waals surface area contributed by atoms with E-state index in [1.807, 2.05) is 37.3 Å². The molecule has 1 aromatic heterocycles. The molecule has 0 N–H and O–H groups in total. The van der Waals surface area contributed by atoms with Gasteiger partial charge in [-0.1, -0.05) is 54.1 Å². The predicted octanol–water partition coefficient (Wildman–Crippen LogP) is 3.92. The minimum Gasteiger partial charge on any atom is -0.311 e. The van der Waals surface area contributed by atoms with Crippen LogP contribution >= 0.6 is 11.6 Å². The maximum absolute atomic E-state index is 13.4. The first-order chi connectivity index (χ1) is 15.5. The number of anilines is 1. The first kappa shape index (κ1) is 21.6. The molecule has 0 unspecified atom stereocenters. The largest absolute Gasteiger partial charge is 0.332 e. The van der Waals surface area contributed by atoms with E-state index < -0.39 is 5.69 Å². The van der Waals surface area contributed by atoms with Crippen molar-refractivity contribution < 1.29 is 4.79 Å². The van der Waals surface area contributed by atoms with Crippen LogP contribution in [0.2, 0.25) is 5.02 Å². The van der Waals surface area contributed by atoms with Crippen molar-refractivity contribution in [2.24, 2.45) is 0 Å². The van der Waals surface area contributed by atoms with Crippen molar-refractivity contribution in [2.75, 3.05) is 11.4 Å². The third-order valence-electron chi connectivity index (χ3n) is 5.36. The topological polar surface area (TPSA) is 64.3 Å². The number of hydrogen-bond acceptors (Lipinski definition) is 3. The minimum atomic E-state index is -0.527. The molecule has 0 aliphatic heterocycles. The second kappa shape index (κ2) is 9.24. The summed E-state index contributed by atoms with van der Waals surface area (Å²) in [6.07, 6.45) is 0. The molecule has 162 valence electrons. The molecular weight excluding hydrogens is 426 g/mol. The monoisotopic (exact) mass is 447 g/mol. The molecule has 1 heterocycles. The highest BCUT2D eigenvalue weighted by Gasteiger charge is 2.19. The van der Waals surface area contributed by atoms with E-state index in [0.29, 0.717) is 22.5 Å². The third kappa shape index (κ3) is 4.22. The number of amides is 1. The van der Waals surface area contributed by atoms with Gasteiger partial charge < -0.3 is 4.90 Å². The molecule has 3 aromatic carbocycles. The lowest BCUT2D eigenvalue weighted by molar-refractivity contribution is -0.119. The standard InChI is InChI=1S/C25H22ClN3O3/c1-2-27(20-8-4-3-5-9-20)23(30)17-28-22-11-7-6-10-21(22)24(31)29(25(28)32)16-18-12-14-19(26)15-13-18/h3-15H,2,16-17H2,1H3. The highest BCUT2D eigenvalue weighted by molar-refractivity contribution is 6.30. The Morgan fingerprint density at radius 2 is 1.53 bits per heavy atom. The molecule has 0 fully saturated rings.